The third-order valence-electron chi connectivity index (χ3n) is 2.46. The fraction of sp³-hybridized carbons (Fsp3) is 0.750. The fourth-order valence-corrected chi connectivity index (χ4v) is 3.78. The molecular formula is C12H22N2OS2. The van der Waals surface area contributed by atoms with Gasteiger partial charge in [0.05, 0.1) is 6.61 Å². The highest BCUT2D eigenvalue weighted by molar-refractivity contribution is 8.01. The van der Waals surface area contributed by atoms with E-state index in [1.807, 2.05) is 6.92 Å². The predicted molar refractivity (Wildman–Crippen MR) is 76.0 cm³/mol. The Morgan fingerprint density at radius 2 is 2.29 bits per heavy atom. The van der Waals surface area contributed by atoms with Crippen molar-refractivity contribution in [1.29, 1.82) is 0 Å². The van der Waals surface area contributed by atoms with Gasteiger partial charge in [-0.25, -0.2) is 4.98 Å². The number of hydrogen-bond donors (Lipinski definition) is 2. The number of nitrogens with zero attached hydrogens (tertiary/aromatic N) is 1. The van der Waals surface area contributed by atoms with Crippen LogP contribution in [0, 0.1) is 6.92 Å². The molecule has 0 aromatic carbocycles. The van der Waals surface area contributed by atoms with Crippen molar-refractivity contribution in [2.24, 2.45) is 0 Å². The van der Waals surface area contributed by atoms with E-state index < -0.39 is 0 Å². The summed E-state index contributed by atoms with van der Waals surface area (Å²) in [4.78, 5) is 4.42. The van der Waals surface area contributed by atoms with Crippen LogP contribution in [-0.4, -0.2) is 34.0 Å². The Hall–Kier alpha value is -0.100. The van der Waals surface area contributed by atoms with E-state index in [-0.39, 0.29) is 12.1 Å². The Morgan fingerprint density at radius 1 is 1.59 bits per heavy atom. The first-order valence-electron chi connectivity index (χ1n) is 5.89. The summed E-state index contributed by atoms with van der Waals surface area (Å²) in [5, 5.41) is 14.9. The van der Waals surface area contributed by atoms with Crippen LogP contribution in [0.3, 0.4) is 0 Å². The van der Waals surface area contributed by atoms with Gasteiger partial charge in [-0.15, -0.1) is 11.3 Å². The maximum Gasteiger partial charge on any atom is 0.150 e. The highest BCUT2D eigenvalue weighted by atomic mass is 32.2. The smallest absolute Gasteiger partial charge is 0.150 e. The number of aromatic nitrogens is 1. The summed E-state index contributed by atoms with van der Waals surface area (Å²) in [6.45, 7) is 8.46. The summed E-state index contributed by atoms with van der Waals surface area (Å²) in [6.07, 6.45) is 0.935. The first-order valence-corrected chi connectivity index (χ1v) is 7.75. The van der Waals surface area contributed by atoms with Gasteiger partial charge in [-0.1, -0.05) is 25.6 Å². The minimum absolute atomic E-state index is 0.169. The molecule has 2 N–H and O–H groups in total. The second-order valence-corrected chi connectivity index (χ2v) is 7.07. The molecule has 1 rings (SSSR count). The Kier molecular flexibility index (Phi) is 5.92. The van der Waals surface area contributed by atoms with Gasteiger partial charge in [-0.05, 0) is 20.3 Å². The average Bonchev–Trinajstić information content (AvgIpc) is 2.63. The van der Waals surface area contributed by atoms with E-state index in [4.69, 9.17) is 0 Å². The molecular weight excluding hydrogens is 252 g/mol. The van der Waals surface area contributed by atoms with Crippen molar-refractivity contribution in [3.05, 3.63) is 11.1 Å². The topological polar surface area (TPSA) is 45.1 Å². The summed E-state index contributed by atoms with van der Waals surface area (Å²) >= 11 is 3.46. The molecule has 0 radical (unpaired) electrons. The molecule has 0 aliphatic carbocycles. The minimum Gasteiger partial charge on any atom is -0.394 e. The van der Waals surface area contributed by atoms with Crippen LogP contribution in [0.5, 0.6) is 0 Å². The Morgan fingerprint density at radius 3 is 2.76 bits per heavy atom. The lowest BCUT2D eigenvalue weighted by Crippen LogP contribution is -2.49. The molecule has 0 amide bonds. The Labute approximate surface area is 112 Å². The summed E-state index contributed by atoms with van der Waals surface area (Å²) in [6, 6.07) is 0.388. The van der Waals surface area contributed by atoms with Gasteiger partial charge in [0.1, 0.15) is 4.34 Å². The highest BCUT2D eigenvalue weighted by Crippen LogP contribution is 2.25. The molecule has 0 bridgehead atoms. The molecule has 0 saturated heterocycles. The van der Waals surface area contributed by atoms with E-state index >= 15 is 0 Å². The number of aliphatic hydroxyl groups is 1. The van der Waals surface area contributed by atoms with Crippen molar-refractivity contribution in [3.8, 4) is 0 Å². The largest absolute Gasteiger partial charge is 0.394 e. The zero-order chi connectivity index (χ0) is 12.9. The van der Waals surface area contributed by atoms with Gasteiger partial charge in [0.25, 0.3) is 0 Å². The van der Waals surface area contributed by atoms with Crippen molar-refractivity contribution in [1.82, 2.24) is 10.3 Å². The predicted octanol–water partition coefficient (Wildman–Crippen LogP) is 2.68. The number of aliphatic hydroxyl groups excluding tert-OH is 1. The molecule has 1 atom stereocenters. The van der Waals surface area contributed by atoms with Crippen LogP contribution in [0.15, 0.2) is 9.72 Å². The normalized spacial score (nSPS) is 15.2. The number of hydrogen-bond acceptors (Lipinski definition) is 5. The first kappa shape index (κ1) is 15.0. The van der Waals surface area contributed by atoms with Crippen LogP contribution in [0.25, 0.3) is 0 Å². The van der Waals surface area contributed by atoms with Gasteiger partial charge in [0, 0.05) is 28.4 Å². The van der Waals surface area contributed by atoms with E-state index in [1.165, 1.54) is 0 Å². The van der Waals surface area contributed by atoms with Gasteiger partial charge in [-0.3, -0.25) is 0 Å². The van der Waals surface area contributed by atoms with E-state index in [9.17, 15) is 5.11 Å². The number of aryl methyl sites for hydroxylation is 1. The highest BCUT2D eigenvalue weighted by Gasteiger charge is 2.23. The van der Waals surface area contributed by atoms with E-state index in [0.717, 1.165) is 22.2 Å². The van der Waals surface area contributed by atoms with Crippen molar-refractivity contribution >= 4 is 23.1 Å². The Balaban J connectivity index is 2.37. The minimum atomic E-state index is -0.187. The second-order valence-electron chi connectivity index (χ2n) is 4.87. The lowest BCUT2D eigenvalue weighted by atomic mass is 9.99. The second kappa shape index (κ2) is 6.73. The molecule has 1 heterocycles. The molecule has 1 aromatic heterocycles. The lowest BCUT2D eigenvalue weighted by molar-refractivity contribution is 0.162. The quantitative estimate of drug-likeness (QED) is 0.750. The van der Waals surface area contributed by atoms with Crippen LogP contribution in [0.4, 0.5) is 0 Å². The molecule has 0 aliphatic rings. The molecule has 17 heavy (non-hydrogen) atoms. The Bertz CT molecular complexity index is 341. The van der Waals surface area contributed by atoms with Crippen molar-refractivity contribution in [3.63, 3.8) is 0 Å². The van der Waals surface area contributed by atoms with Crippen molar-refractivity contribution in [2.75, 3.05) is 12.4 Å². The zero-order valence-corrected chi connectivity index (χ0v) is 12.6. The summed E-state index contributed by atoms with van der Waals surface area (Å²) in [5.41, 5.74) is 0.899. The summed E-state index contributed by atoms with van der Waals surface area (Å²) < 4.78 is 1.12. The molecule has 98 valence electrons. The molecule has 3 nitrogen and oxygen atoms in total. The third kappa shape index (κ3) is 5.38. The van der Waals surface area contributed by atoms with E-state index in [2.05, 4.69) is 36.5 Å². The maximum absolute atomic E-state index is 9.45. The number of rotatable bonds is 7. The van der Waals surface area contributed by atoms with E-state index in [0.29, 0.717) is 6.04 Å². The fourth-order valence-electron chi connectivity index (χ4n) is 1.66. The van der Waals surface area contributed by atoms with Gasteiger partial charge in [-0.2, -0.15) is 0 Å². The summed E-state index contributed by atoms with van der Waals surface area (Å²) in [5.74, 6) is 0.976. The summed E-state index contributed by atoms with van der Waals surface area (Å²) in [7, 11) is 0. The number of thiazole rings is 1. The third-order valence-corrected chi connectivity index (χ3v) is 4.60. The number of thioether (sulfide) groups is 1. The molecule has 5 heteroatoms. The van der Waals surface area contributed by atoms with Gasteiger partial charge < -0.3 is 10.4 Å². The molecule has 0 saturated carbocycles. The molecule has 0 fully saturated rings. The van der Waals surface area contributed by atoms with E-state index in [1.54, 1.807) is 23.1 Å². The monoisotopic (exact) mass is 274 g/mol. The molecule has 1 aromatic rings. The standard InChI is InChI=1S/C12H22N2OS2/c1-9(2)14-12(4,8-15)5-6-16-11-13-10(3)7-17-11/h7,9,14-15H,5-6,8H2,1-4H3. The van der Waals surface area contributed by atoms with Gasteiger partial charge in [0.15, 0.2) is 0 Å². The maximum atomic E-state index is 9.45. The van der Waals surface area contributed by atoms with Crippen LogP contribution in [0.1, 0.15) is 32.9 Å². The van der Waals surface area contributed by atoms with Crippen LogP contribution in [-0.2, 0) is 0 Å². The van der Waals surface area contributed by atoms with Gasteiger partial charge >= 0.3 is 0 Å². The van der Waals surface area contributed by atoms with Crippen LogP contribution < -0.4 is 5.32 Å². The molecule has 0 spiro atoms. The van der Waals surface area contributed by atoms with Crippen molar-refractivity contribution in [2.45, 2.75) is 50.0 Å². The zero-order valence-electron chi connectivity index (χ0n) is 11.0. The first-order chi connectivity index (χ1) is 7.95. The average molecular weight is 274 g/mol. The lowest BCUT2D eigenvalue weighted by Gasteiger charge is -2.31. The number of nitrogens with one attached hydrogen (secondary N) is 1. The molecule has 0 aliphatic heterocycles. The SMILES string of the molecule is Cc1csc(SCCC(C)(CO)NC(C)C)n1. The van der Waals surface area contributed by atoms with Crippen molar-refractivity contribution < 1.29 is 5.11 Å². The van der Waals surface area contributed by atoms with Gasteiger partial charge in [0.2, 0.25) is 0 Å². The van der Waals surface area contributed by atoms with Crippen LogP contribution >= 0.6 is 23.1 Å². The molecule has 1 unspecified atom stereocenters. The van der Waals surface area contributed by atoms with Crippen LogP contribution in [0.2, 0.25) is 0 Å².